The van der Waals surface area contributed by atoms with Gasteiger partial charge in [0.05, 0.1) is 35.4 Å². The Hall–Kier alpha value is -15.2. The number of thioether (sulfide) groups is 1. The van der Waals surface area contributed by atoms with Crippen molar-refractivity contribution in [2.45, 2.75) is 240 Å². The van der Waals surface area contributed by atoms with Crippen LogP contribution in [0.15, 0.2) is 102 Å². The van der Waals surface area contributed by atoms with Crippen molar-refractivity contribution in [3.05, 3.63) is 119 Å². The molecule has 2 saturated carbocycles. The molecule has 40 N–H and O–H groups in total. The number of Topliss-reactive ketones (excluding diaryl/α,β-unsaturated/α-hetero) is 1. The lowest BCUT2D eigenvalue weighted by atomic mass is 9.48. The number of primary amides is 1. The smallest absolute Gasteiger partial charge is 0.350 e. The lowest BCUT2D eigenvalue weighted by molar-refractivity contribution is -0.340. The minimum atomic E-state index is -2.55. The summed E-state index contributed by atoms with van der Waals surface area (Å²) in [6.45, 7) is 5.70. The molecule has 1 heterocycles. The van der Waals surface area contributed by atoms with Crippen LogP contribution < -0.4 is 126 Å². The maximum absolute atomic E-state index is 15.9. The van der Waals surface area contributed by atoms with Crippen molar-refractivity contribution in [1.82, 2.24) is 79.8 Å². The molecular weight excluding hydrogens is 1940 g/mol. The summed E-state index contributed by atoms with van der Waals surface area (Å²) in [4.78, 5) is 219. The highest BCUT2D eigenvalue weighted by Crippen LogP contribution is 2.61. The van der Waals surface area contributed by atoms with Crippen molar-refractivity contribution in [3.8, 4) is 0 Å². The van der Waals surface area contributed by atoms with Gasteiger partial charge >= 0.3 is 29.8 Å². The summed E-state index contributed by atoms with van der Waals surface area (Å²) in [7, 11) is 0. The average molecular weight is 2080 g/mol. The zero-order valence-corrected chi connectivity index (χ0v) is 83.3. The van der Waals surface area contributed by atoms with Crippen LogP contribution in [-0.2, 0) is 90.8 Å². The second-order valence-electron chi connectivity index (χ2n) is 36.3. The summed E-state index contributed by atoms with van der Waals surface area (Å²) in [5.74, 6) is -21.8. The van der Waals surface area contributed by atoms with Gasteiger partial charge in [-0.1, -0.05) is 73.7 Å². The highest BCUT2D eigenvalue weighted by molar-refractivity contribution is 7.99. The van der Waals surface area contributed by atoms with Crippen molar-refractivity contribution in [2.75, 3.05) is 63.9 Å². The van der Waals surface area contributed by atoms with Crippen LogP contribution in [0.5, 0.6) is 0 Å². The summed E-state index contributed by atoms with van der Waals surface area (Å²) in [5, 5.41) is 120. The molecule has 19 atom stereocenters. The van der Waals surface area contributed by atoms with Gasteiger partial charge in [0, 0.05) is 96.2 Å². The molecule has 1 saturated heterocycles. The topological polar surface area (TPSA) is 907 Å². The number of hydrogen-bond acceptors (Lipinski definition) is 31. The quantitative estimate of drug-likeness (QED) is 0.00627. The van der Waals surface area contributed by atoms with Gasteiger partial charge in [-0.25, -0.2) is 9.59 Å². The molecule has 3 aromatic carbocycles. The molecule has 2 bridgehead atoms. The third kappa shape index (κ3) is 36.2. The molecule has 3 fully saturated rings. The van der Waals surface area contributed by atoms with Crippen LogP contribution in [0.2, 0.25) is 0 Å². The Bertz CT molecular complexity index is 5230. The van der Waals surface area contributed by atoms with E-state index in [1.165, 1.54) is 69.3 Å². The number of nitrogens with two attached hydrogens (primary N) is 8. The molecule has 0 aromatic heterocycles. The molecule has 54 heteroatoms. The van der Waals surface area contributed by atoms with Crippen LogP contribution in [0, 0.1) is 55.1 Å². The minimum absolute atomic E-state index is 0.00111. The first kappa shape index (κ1) is 119. The summed E-state index contributed by atoms with van der Waals surface area (Å²) in [5.41, 5.74) is 38.0. The Labute approximate surface area is 852 Å². The summed E-state index contributed by atoms with van der Waals surface area (Å²) in [6.07, 6.45) is -13.8. The van der Waals surface area contributed by atoms with E-state index in [1.807, 2.05) is 0 Å². The second kappa shape index (κ2) is 57.5. The van der Waals surface area contributed by atoms with E-state index in [2.05, 4.69) is 79.8 Å². The van der Waals surface area contributed by atoms with Gasteiger partial charge in [-0.15, -0.1) is 11.8 Å². The fourth-order valence-electron chi connectivity index (χ4n) is 17.6. The first-order chi connectivity index (χ1) is 69.6. The Morgan fingerprint density at radius 1 is 0.483 bits per heavy atom. The van der Waals surface area contributed by atoms with Gasteiger partial charge in [-0.05, 0) is 145 Å². The largest absolute Gasteiger partial charge is 0.455 e. The number of aliphatic hydroxyl groups excluding tert-OH is 1. The van der Waals surface area contributed by atoms with Gasteiger partial charge in [0.2, 0.25) is 53.4 Å². The number of aliphatic hydroxyl groups is 2. The van der Waals surface area contributed by atoms with E-state index in [1.54, 1.807) is 42.5 Å². The van der Waals surface area contributed by atoms with Gasteiger partial charge in [0.15, 0.2) is 59.2 Å². The van der Waals surface area contributed by atoms with Crippen LogP contribution in [0.1, 0.15) is 176 Å². The zero-order chi connectivity index (χ0) is 109. The van der Waals surface area contributed by atoms with Crippen molar-refractivity contribution < 1.29 is 111 Å². The Kier molecular flexibility index (Phi) is 46.4. The number of benzene rings is 3. The fraction of sp³-hybridized carbons (Fsp3) is 0.548. The molecule has 3 aromatic rings. The van der Waals surface area contributed by atoms with Crippen LogP contribution in [0.3, 0.4) is 0 Å². The van der Waals surface area contributed by atoms with Crippen molar-refractivity contribution in [1.29, 1.82) is 37.9 Å². The van der Waals surface area contributed by atoms with E-state index < -0.39 is 263 Å². The lowest BCUT2D eigenvalue weighted by Gasteiger charge is -2.65. The molecule has 0 spiro atoms. The maximum Gasteiger partial charge on any atom is 0.350 e. The SMILES string of the molecule is CC(=O)O[C@H]1C(=O)[C@@]2(C)[C@H]([C@H](OC(=O)c3ccccc3)[C@@]3(O)CC1=C(C)[C@@H](OC(=O)[C@H](OC(=O)CSC[C@H](C)C(=O)N[C@H](CCCNC(=N)N)C(=O)N[C@H](CCCNC(=N)N)C(=O)N[C@H](CCCNC(=N)N)C(=O)N[C@H](CCCNC(=N)N)C(=O)N[C@H](CCCNC(=N)N)C(=O)N[C@H](CCCNC(=N)N)C(=O)N[C@H](CCCNC(=N)N)C(N)=O)[C@@H](NC(=O)c1ccccc1)c1ccccc1)C3)[C@]1(OC(C)=O)CO[C@@H]1C[C@@H]2O. The van der Waals surface area contributed by atoms with Crippen molar-refractivity contribution >= 4 is 142 Å². The van der Waals surface area contributed by atoms with E-state index in [4.69, 9.17) is 112 Å². The van der Waals surface area contributed by atoms with Gasteiger partial charge in [0.1, 0.15) is 72.2 Å². The van der Waals surface area contributed by atoms with Crippen LogP contribution in [0.4, 0.5) is 0 Å². The molecule has 0 unspecified atom stereocenters. The number of fused-ring (bicyclic) bond motifs is 5. The summed E-state index contributed by atoms with van der Waals surface area (Å²) >= 11 is 0.802. The number of guanidine groups is 7. The third-order valence-electron chi connectivity index (χ3n) is 25.1. The van der Waals surface area contributed by atoms with Crippen molar-refractivity contribution in [3.63, 3.8) is 0 Å². The predicted molar refractivity (Wildman–Crippen MR) is 536 cm³/mol. The number of ketones is 1. The number of carbonyl (C=O) groups excluding carboxylic acids is 15. The molecule has 0 radical (unpaired) electrons. The molecule has 147 heavy (non-hydrogen) atoms. The fourth-order valence-corrected chi connectivity index (χ4v) is 18.5. The number of esters is 5. The van der Waals surface area contributed by atoms with E-state index >= 15 is 24.0 Å². The molecule has 806 valence electrons. The van der Waals surface area contributed by atoms with Gasteiger partial charge in [-0.2, -0.15) is 0 Å². The second-order valence-corrected chi connectivity index (χ2v) is 37.3. The molecule has 7 rings (SSSR count). The van der Waals surface area contributed by atoms with E-state index in [-0.39, 0.29) is 182 Å². The monoisotopic (exact) mass is 2080 g/mol. The Morgan fingerprint density at radius 3 is 1.20 bits per heavy atom. The van der Waals surface area contributed by atoms with Gasteiger partial charge in [0.25, 0.3) is 5.91 Å². The van der Waals surface area contributed by atoms with Gasteiger partial charge in [-0.3, -0.25) is 100 Å². The van der Waals surface area contributed by atoms with E-state index in [0.717, 1.165) is 25.6 Å². The molecule has 9 amide bonds. The van der Waals surface area contributed by atoms with Crippen molar-refractivity contribution in [2.24, 2.45) is 63.1 Å². The first-order valence-electron chi connectivity index (χ1n) is 47.8. The van der Waals surface area contributed by atoms with E-state index in [9.17, 15) is 58.2 Å². The predicted octanol–water partition coefficient (Wildman–Crippen LogP) is -5.26. The van der Waals surface area contributed by atoms with Crippen LogP contribution in [-0.4, -0.2) is 295 Å². The summed E-state index contributed by atoms with van der Waals surface area (Å²) < 4.78 is 37.0. The maximum atomic E-state index is 15.9. The number of nitrogens with one attached hydrogen (secondary N) is 22. The highest BCUT2D eigenvalue weighted by Gasteiger charge is 2.76. The number of hydrogen-bond donors (Lipinski definition) is 32. The summed E-state index contributed by atoms with van der Waals surface area (Å²) in [6, 6.07) is 10.5. The Balaban J connectivity index is 1.18. The number of carbonyl (C=O) groups is 15. The number of ether oxygens (including phenoxy) is 6. The minimum Gasteiger partial charge on any atom is -0.455 e. The average Bonchev–Trinajstić information content (AvgIpc) is 0.676. The van der Waals surface area contributed by atoms with Crippen LogP contribution in [0.25, 0.3) is 0 Å². The number of rotatable bonds is 58. The van der Waals surface area contributed by atoms with Gasteiger partial charge < -0.3 is 164 Å². The third-order valence-corrected chi connectivity index (χ3v) is 26.3. The van der Waals surface area contributed by atoms with E-state index in [0.29, 0.717) is 0 Å². The first-order valence-corrected chi connectivity index (χ1v) is 49.0. The standard InChI is InChI=1S/C93H140N30O23S/c1-48(45-147-46-66(127)144-69(67(52-22-9-6-10-23-52)123-75(131)53-24-11-7-12-25-53)83(139)143-63-44-92(140)43-55(49(63)2)68(142-50(3)124)71(128)91(5)64(126)42-65-93(47-141-65,146-51(4)125)70(91)72(92)145-82(138)54-26-13-8-14-27-54)74(130)117-57(29-16-36-110-85(97)98)77(133)119-59(31-18-38-112-87(101)102)79(135)121-61(33-20-40-114-89(105)106)81(137)122-62(34-21-41-115-90(107)108)80(136)120-60(32-19-39-113-88(103)104)78(134)118-58(30-17-37-111-86(99)100)76(132)116-56(73(94)129)28-15-35-109-84(95)96/h6-14,22-27,48,56-65,67-70,72,126,140H,15-21,28-47H2,1-5H3,(H2,94,129)(H,116,132)(H,117,130)(H,118,134)(H,119,133)(H,120,136)(H,121,135)(H,122,137)(H,123,131)(H4,95,96,109)(H4,97,98,110)(H4,99,100,111)(H4,101,102,112)(H4,103,104,113)(H4,105,106,114)(H4,107,108,115)/t48-,56+,57+,58+,59+,60+,61+,62+,63-,64-,65+,67-,68+,69+,70-,72-,91+,92+,93-/m0/s1. The normalized spacial score (nSPS) is 20.9. The molecule has 1 aliphatic heterocycles. The number of amides is 9. The Morgan fingerprint density at radius 2 is 0.844 bits per heavy atom. The molecule has 3 aliphatic carbocycles. The zero-order valence-electron chi connectivity index (χ0n) is 82.5. The molecular formula is C93H140N30O23S. The van der Waals surface area contributed by atoms with Crippen LogP contribution >= 0.6 is 11.8 Å². The highest BCUT2D eigenvalue weighted by atomic mass is 32.2. The lowest BCUT2D eigenvalue weighted by Crippen LogP contribution is -2.80. The molecule has 4 aliphatic rings. The molecule has 53 nitrogen and oxygen atoms in total.